The topological polar surface area (TPSA) is 96.9 Å². The average molecular weight is 515 g/mol. The fraction of sp³-hybridized carbons (Fsp3) is 0.185. The number of amides is 2. The van der Waals surface area contributed by atoms with Gasteiger partial charge in [0.05, 0.1) is 13.2 Å². The number of rotatable bonds is 11. The molecule has 37 heavy (non-hydrogen) atoms. The molecule has 0 spiro atoms. The van der Waals surface area contributed by atoms with Gasteiger partial charge in [0.1, 0.15) is 17.2 Å². The number of aliphatic hydroxyl groups excluding tert-OH is 1. The average Bonchev–Trinajstić information content (AvgIpc) is 2.88. The van der Waals surface area contributed by atoms with Gasteiger partial charge in [-0.15, -0.1) is 13.2 Å². The van der Waals surface area contributed by atoms with E-state index in [4.69, 9.17) is 9.84 Å². The van der Waals surface area contributed by atoms with Gasteiger partial charge in [0, 0.05) is 18.5 Å². The quantitative estimate of drug-likeness (QED) is 0.335. The fourth-order valence-electron chi connectivity index (χ4n) is 3.18. The second-order valence-electron chi connectivity index (χ2n) is 7.72. The van der Waals surface area contributed by atoms with Crippen molar-refractivity contribution >= 4 is 17.9 Å². The summed E-state index contributed by atoms with van der Waals surface area (Å²) < 4.78 is 46.7. The fourth-order valence-corrected chi connectivity index (χ4v) is 3.18. The van der Waals surface area contributed by atoms with E-state index in [1.807, 2.05) is 30.3 Å². The van der Waals surface area contributed by atoms with Crippen LogP contribution in [-0.4, -0.2) is 43.0 Å². The molecule has 0 radical (unpaired) electrons. The summed E-state index contributed by atoms with van der Waals surface area (Å²) in [6.45, 7) is 0.0852. The highest BCUT2D eigenvalue weighted by Gasteiger charge is 2.30. The molecular weight excluding hydrogens is 489 g/mol. The minimum atomic E-state index is -4.83. The third kappa shape index (κ3) is 9.34. The van der Waals surface area contributed by atoms with Crippen molar-refractivity contribution in [2.75, 3.05) is 19.8 Å². The molecule has 0 aliphatic heterocycles. The van der Waals surface area contributed by atoms with E-state index in [0.717, 1.165) is 24.1 Å². The largest absolute Gasteiger partial charge is 0.573 e. The van der Waals surface area contributed by atoms with Gasteiger partial charge < -0.3 is 25.2 Å². The van der Waals surface area contributed by atoms with Crippen molar-refractivity contribution in [2.45, 2.75) is 12.8 Å². The monoisotopic (exact) mass is 514 g/mol. The van der Waals surface area contributed by atoms with Crippen molar-refractivity contribution in [3.63, 3.8) is 0 Å². The van der Waals surface area contributed by atoms with Crippen LogP contribution in [0, 0.1) is 0 Å². The number of alkyl halides is 3. The van der Waals surface area contributed by atoms with Gasteiger partial charge in [0.2, 0.25) is 0 Å². The zero-order chi connectivity index (χ0) is 26.7. The van der Waals surface area contributed by atoms with Gasteiger partial charge in [-0.3, -0.25) is 9.59 Å². The summed E-state index contributed by atoms with van der Waals surface area (Å²) in [4.78, 5) is 25.3. The SMILES string of the molecule is O=C(NCCO)C(=Cc1ccc(OC(F)(F)F)cc1)NC(=O)c1ccc(OCCc2ccccc2)cc1. The second-order valence-corrected chi connectivity index (χ2v) is 7.72. The smallest absolute Gasteiger partial charge is 0.493 e. The summed E-state index contributed by atoms with van der Waals surface area (Å²) >= 11 is 0. The van der Waals surface area contributed by atoms with Crippen molar-refractivity contribution in [3.8, 4) is 11.5 Å². The Morgan fingerprint density at radius 2 is 1.54 bits per heavy atom. The molecule has 0 fully saturated rings. The molecule has 3 aromatic carbocycles. The molecular formula is C27H25F3N2O5. The number of hydrogen-bond acceptors (Lipinski definition) is 5. The first-order chi connectivity index (χ1) is 17.7. The van der Waals surface area contributed by atoms with Crippen LogP contribution in [-0.2, 0) is 11.2 Å². The molecule has 0 heterocycles. The number of aliphatic hydroxyl groups is 1. The van der Waals surface area contributed by atoms with Gasteiger partial charge in [-0.05, 0) is 53.6 Å². The maximum absolute atomic E-state index is 12.8. The van der Waals surface area contributed by atoms with E-state index in [-0.39, 0.29) is 24.4 Å². The summed E-state index contributed by atoms with van der Waals surface area (Å²) in [6.07, 6.45) is -2.81. The van der Waals surface area contributed by atoms with E-state index in [1.165, 1.54) is 18.2 Å². The highest BCUT2D eigenvalue weighted by Crippen LogP contribution is 2.23. The molecule has 0 aromatic heterocycles. The van der Waals surface area contributed by atoms with Crippen LogP contribution in [0.5, 0.6) is 11.5 Å². The minimum Gasteiger partial charge on any atom is -0.493 e. The van der Waals surface area contributed by atoms with Crippen molar-refractivity contribution in [3.05, 3.63) is 101 Å². The van der Waals surface area contributed by atoms with Crippen LogP contribution in [0.3, 0.4) is 0 Å². The number of carbonyl (C=O) groups is 2. The van der Waals surface area contributed by atoms with Gasteiger partial charge in [0.15, 0.2) is 0 Å². The molecule has 0 saturated carbocycles. The highest BCUT2D eigenvalue weighted by molar-refractivity contribution is 6.05. The van der Waals surface area contributed by atoms with E-state index in [1.54, 1.807) is 24.3 Å². The number of ether oxygens (including phenoxy) is 2. The minimum absolute atomic E-state index is 0.0561. The Morgan fingerprint density at radius 3 is 2.16 bits per heavy atom. The van der Waals surface area contributed by atoms with Crippen LogP contribution in [0.15, 0.2) is 84.6 Å². The van der Waals surface area contributed by atoms with E-state index >= 15 is 0 Å². The molecule has 2 amide bonds. The van der Waals surface area contributed by atoms with Crippen LogP contribution < -0.4 is 20.1 Å². The van der Waals surface area contributed by atoms with Crippen molar-refractivity contribution in [2.24, 2.45) is 0 Å². The summed E-state index contributed by atoms with van der Waals surface area (Å²) in [5.41, 5.74) is 1.57. The highest BCUT2D eigenvalue weighted by atomic mass is 19.4. The van der Waals surface area contributed by atoms with Gasteiger partial charge in [0.25, 0.3) is 11.8 Å². The number of benzene rings is 3. The third-order valence-corrected chi connectivity index (χ3v) is 4.93. The Balaban J connectivity index is 1.66. The predicted octanol–water partition coefficient (Wildman–Crippen LogP) is 4.09. The Morgan fingerprint density at radius 1 is 0.892 bits per heavy atom. The van der Waals surface area contributed by atoms with E-state index in [0.29, 0.717) is 17.9 Å². The first-order valence-corrected chi connectivity index (χ1v) is 11.3. The molecule has 10 heteroatoms. The maximum Gasteiger partial charge on any atom is 0.573 e. The number of nitrogens with one attached hydrogen (secondary N) is 2. The van der Waals surface area contributed by atoms with Gasteiger partial charge in [-0.25, -0.2) is 0 Å². The Hall–Kier alpha value is -4.31. The predicted molar refractivity (Wildman–Crippen MR) is 131 cm³/mol. The van der Waals surface area contributed by atoms with Gasteiger partial charge in [-0.1, -0.05) is 42.5 Å². The number of carbonyl (C=O) groups excluding carboxylic acids is 2. The molecule has 194 valence electrons. The summed E-state index contributed by atoms with van der Waals surface area (Å²) in [5.74, 6) is -1.12. The Labute approximate surface area is 211 Å². The summed E-state index contributed by atoms with van der Waals surface area (Å²) in [6, 6.07) is 21.0. The molecule has 0 bridgehead atoms. The molecule has 0 aliphatic carbocycles. The van der Waals surface area contributed by atoms with Crippen LogP contribution >= 0.6 is 0 Å². The molecule has 0 atom stereocenters. The van der Waals surface area contributed by atoms with E-state index in [9.17, 15) is 22.8 Å². The lowest BCUT2D eigenvalue weighted by molar-refractivity contribution is -0.274. The standard InChI is InChI=1S/C27H25F3N2O5/c28-27(29,30)37-23-10-6-20(7-11-23)18-24(26(35)31-15-16-33)32-25(34)21-8-12-22(13-9-21)36-17-14-19-4-2-1-3-5-19/h1-13,18,33H,14-17H2,(H,31,35)(H,32,34). The first-order valence-electron chi connectivity index (χ1n) is 11.3. The van der Waals surface area contributed by atoms with E-state index < -0.39 is 23.9 Å². The zero-order valence-electron chi connectivity index (χ0n) is 19.6. The van der Waals surface area contributed by atoms with Crippen LogP contribution in [0.4, 0.5) is 13.2 Å². The summed E-state index contributed by atoms with van der Waals surface area (Å²) in [5, 5.41) is 13.9. The zero-order valence-corrected chi connectivity index (χ0v) is 19.6. The Kier molecular flexibility index (Phi) is 9.68. The second kappa shape index (κ2) is 13.1. The maximum atomic E-state index is 12.8. The van der Waals surface area contributed by atoms with E-state index in [2.05, 4.69) is 15.4 Å². The van der Waals surface area contributed by atoms with Crippen LogP contribution in [0.25, 0.3) is 6.08 Å². The molecule has 0 saturated heterocycles. The molecule has 0 aliphatic rings. The number of hydrogen-bond donors (Lipinski definition) is 3. The summed E-state index contributed by atoms with van der Waals surface area (Å²) in [7, 11) is 0. The van der Waals surface area contributed by atoms with Crippen LogP contribution in [0.2, 0.25) is 0 Å². The van der Waals surface area contributed by atoms with Crippen molar-refractivity contribution < 1.29 is 37.3 Å². The van der Waals surface area contributed by atoms with Crippen LogP contribution in [0.1, 0.15) is 21.5 Å². The first kappa shape index (κ1) is 27.3. The lowest BCUT2D eigenvalue weighted by Crippen LogP contribution is -2.36. The third-order valence-electron chi connectivity index (χ3n) is 4.93. The number of halogens is 3. The van der Waals surface area contributed by atoms with Crippen molar-refractivity contribution in [1.82, 2.24) is 10.6 Å². The molecule has 3 aromatic rings. The molecule has 3 rings (SSSR count). The molecule has 0 unspecified atom stereocenters. The van der Waals surface area contributed by atoms with Gasteiger partial charge in [-0.2, -0.15) is 0 Å². The lowest BCUT2D eigenvalue weighted by Gasteiger charge is -2.12. The Bertz CT molecular complexity index is 1200. The lowest BCUT2D eigenvalue weighted by atomic mass is 10.1. The molecule has 7 nitrogen and oxygen atoms in total. The van der Waals surface area contributed by atoms with Gasteiger partial charge >= 0.3 is 6.36 Å². The normalized spacial score (nSPS) is 11.5. The van der Waals surface area contributed by atoms with Crippen molar-refractivity contribution in [1.29, 1.82) is 0 Å². The molecule has 3 N–H and O–H groups in total.